The molecule has 0 aliphatic carbocycles. The van der Waals surface area contributed by atoms with Gasteiger partial charge in [-0.05, 0) is 24.6 Å². The van der Waals surface area contributed by atoms with E-state index in [1.54, 1.807) is 22.8 Å². The highest BCUT2D eigenvalue weighted by Crippen LogP contribution is 2.31. The number of aromatic nitrogens is 2. The van der Waals surface area contributed by atoms with Crippen molar-refractivity contribution >= 4 is 5.91 Å². The molecule has 1 amide bonds. The van der Waals surface area contributed by atoms with Crippen LogP contribution in [0.15, 0.2) is 36.7 Å². The number of benzene rings is 1. The number of nitrogens with one attached hydrogen (secondary N) is 2. The Balaban J connectivity index is 1.49. The molecule has 28 heavy (non-hydrogen) atoms. The maximum atomic E-state index is 12.8. The molecule has 152 valence electrons. The molecular weight excluding hydrogens is 375 g/mol. The number of carbonyl (C=O) groups is 1. The second kappa shape index (κ2) is 8.19. The number of nitrogens with zero attached hydrogens (tertiary/aromatic N) is 3. The van der Waals surface area contributed by atoms with Crippen molar-refractivity contribution in [3.8, 4) is 5.75 Å². The minimum absolute atomic E-state index is 0.0853. The molecule has 2 unspecified atom stereocenters. The van der Waals surface area contributed by atoms with E-state index in [0.717, 1.165) is 17.7 Å². The van der Waals surface area contributed by atoms with Crippen LogP contribution in [-0.4, -0.2) is 46.3 Å². The van der Waals surface area contributed by atoms with Crippen LogP contribution in [0.5, 0.6) is 5.75 Å². The number of hydrazine groups is 1. The first-order chi connectivity index (χ1) is 13.2. The van der Waals surface area contributed by atoms with Gasteiger partial charge in [0.2, 0.25) is 5.91 Å². The fourth-order valence-electron chi connectivity index (χ4n) is 3.02. The molecular formula is C18H22F3N5O2. The quantitative estimate of drug-likeness (QED) is 0.777. The maximum absolute atomic E-state index is 12.8. The Morgan fingerprint density at radius 2 is 2.18 bits per heavy atom. The third-order valence-corrected chi connectivity index (χ3v) is 4.45. The van der Waals surface area contributed by atoms with Crippen molar-refractivity contribution in [2.24, 2.45) is 7.05 Å². The minimum Gasteiger partial charge on any atom is -0.492 e. The van der Waals surface area contributed by atoms with E-state index in [0.29, 0.717) is 13.0 Å². The topological polar surface area (TPSA) is 71.4 Å². The monoisotopic (exact) mass is 397 g/mol. The lowest BCUT2D eigenvalue weighted by atomic mass is 10.1. The van der Waals surface area contributed by atoms with Crippen molar-refractivity contribution in [3.05, 3.63) is 47.8 Å². The van der Waals surface area contributed by atoms with Crippen LogP contribution in [0, 0.1) is 0 Å². The van der Waals surface area contributed by atoms with Crippen LogP contribution < -0.4 is 15.6 Å². The van der Waals surface area contributed by atoms with Crippen LogP contribution in [-0.2, 0) is 24.6 Å². The number of rotatable bonds is 6. The van der Waals surface area contributed by atoms with Crippen LogP contribution in [0.4, 0.5) is 13.2 Å². The molecule has 1 aliphatic heterocycles. The lowest BCUT2D eigenvalue weighted by Crippen LogP contribution is -2.44. The largest absolute Gasteiger partial charge is 0.492 e. The van der Waals surface area contributed by atoms with E-state index < -0.39 is 17.8 Å². The van der Waals surface area contributed by atoms with Gasteiger partial charge < -0.3 is 9.64 Å². The summed E-state index contributed by atoms with van der Waals surface area (Å²) in [6.45, 7) is 0.584. The molecule has 7 nitrogen and oxygen atoms in total. The van der Waals surface area contributed by atoms with Gasteiger partial charge in [0.25, 0.3) is 0 Å². The molecule has 0 bridgehead atoms. The number of aryl methyl sites for hydroxylation is 1. The van der Waals surface area contributed by atoms with E-state index in [-0.39, 0.29) is 24.3 Å². The number of halogens is 3. The van der Waals surface area contributed by atoms with Gasteiger partial charge in [-0.3, -0.25) is 14.9 Å². The van der Waals surface area contributed by atoms with E-state index in [1.807, 2.05) is 13.2 Å². The Morgan fingerprint density at radius 3 is 2.86 bits per heavy atom. The zero-order chi connectivity index (χ0) is 20.3. The average molecular weight is 397 g/mol. The predicted molar refractivity (Wildman–Crippen MR) is 95.1 cm³/mol. The lowest BCUT2D eigenvalue weighted by molar-refractivity contribution is -0.137. The highest BCUT2D eigenvalue weighted by Gasteiger charge is 2.32. The van der Waals surface area contributed by atoms with Crippen molar-refractivity contribution in [2.75, 3.05) is 13.7 Å². The summed E-state index contributed by atoms with van der Waals surface area (Å²) in [6, 6.07) is 4.11. The Morgan fingerprint density at radius 1 is 1.39 bits per heavy atom. The second-order valence-electron chi connectivity index (χ2n) is 6.83. The van der Waals surface area contributed by atoms with Gasteiger partial charge >= 0.3 is 6.18 Å². The Hall–Kier alpha value is -2.59. The summed E-state index contributed by atoms with van der Waals surface area (Å²) in [5.74, 6) is 0.0537. The van der Waals surface area contributed by atoms with Gasteiger partial charge in [-0.25, -0.2) is 5.43 Å². The highest BCUT2D eigenvalue weighted by atomic mass is 19.4. The first-order valence-corrected chi connectivity index (χ1v) is 8.76. The molecule has 10 heteroatoms. The Kier molecular flexibility index (Phi) is 5.90. The summed E-state index contributed by atoms with van der Waals surface area (Å²) >= 11 is 0. The van der Waals surface area contributed by atoms with Gasteiger partial charge in [0, 0.05) is 32.4 Å². The summed E-state index contributed by atoms with van der Waals surface area (Å²) in [7, 11) is 3.52. The molecule has 1 saturated heterocycles. The predicted octanol–water partition coefficient (Wildman–Crippen LogP) is 1.71. The molecule has 0 saturated carbocycles. The number of likely N-dealkylation sites (N-methyl/N-ethyl adjacent to an activating group) is 1. The standard InChI is InChI=1S/C18H22F3N5O2/c1-25(9-12-8-22-26(2)10-12)17(27)16-7-14(23-24-16)11-28-15-5-3-4-13(6-15)18(19,20)21/h3-6,8,10,14,16,23-24H,7,9,11H2,1-2H3. The summed E-state index contributed by atoms with van der Waals surface area (Å²) in [5, 5.41) is 4.08. The van der Waals surface area contributed by atoms with Crippen molar-refractivity contribution in [1.82, 2.24) is 25.5 Å². The first-order valence-electron chi connectivity index (χ1n) is 8.76. The first kappa shape index (κ1) is 20.2. The van der Waals surface area contributed by atoms with Gasteiger partial charge in [-0.2, -0.15) is 18.3 Å². The van der Waals surface area contributed by atoms with Crippen molar-refractivity contribution in [1.29, 1.82) is 0 Å². The lowest BCUT2D eigenvalue weighted by Gasteiger charge is -2.20. The number of carbonyl (C=O) groups excluding carboxylic acids is 1. The molecule has 1 aromatic heterocycles. The van der Waals surface area contributed by atoms with Gasteiger partial charge in [0.15, 0.2) is 0 Å². The van der Waals surface area contributed by atoms with Gasteiger partial charge in [-0.1, -0.05) is 6.07 Å². The van der Waals surface area contributed by atoms with Gasteiger partial charge in [0.05, 0.1) is 17.8 Å². The fourth-order valence-corrected chi connectivity index (χ4v) is 3.02. The van der Waals surface area contributed by atoms with Crippen molar-refractivity contribution < 1.29 is 22.7 Å². The molecule has 2 N–H and O–H groups in total. The summed E-state index contributed by atoms with van der Waals surface area (Å²) in [5.41, 5.74) is 6.06. The third kappa shape index (κ3) is 5.02. The average Bonchev–Trinajstić information content (AvgIpc) is 3.28. The molecule has 1 aromatic carbocycles. The smallest absolute Gasteiger partial charge is 0.416 e. The van der Waals surface area contributed by atoms with Crippen LogP contribution in [0.2, 0.25) is 0 Å². The van der Waals surface area contributed by atoms with Gasteiger partial charge in [0.1, 0.15) is 18.4 Å². The van der Waals surface area contributed by atoms with E-state index in [9.17, 15) is 18.0 Å². The third-order valence-electron chi connectivity index (χ3n) is 4.45. The summed E-state index contributed by atoms with van der Waals surface area (Å²) in [4.78, 5) is 14.2. The van der Waals surface area contributed by atoms with Crippen LogP contribution in [0.1, 0.15) is 17.5 Å². The second-order valence-corrected chi connectivity index (χ2v) is 6.83. The van der Waals surface area contributed by atoms with E-state index in [1.165, 1.54) is 12.1 Å². The summed E-state index contributed by atoms with van der Waals surface area (Å²) < 4.78 is 45.4. The minimum atomic E-state index is -4.41. The number of hydrogen-bond acceptors (Lipinski definition) is 5. The molecule has 1 aliphatic rings. The van der Waals surface area contributed by atoms with Crippen LogP contribution >= 0.6 is 0 Å². The molecule has 2 aromatic rings. The van der Waals surface area contributed by atoms with E-state index >= 15 is 0 Å². The fraction of sp³-hybridized carbons (Fsp3) is 0.444. The van der Waals surface area contributed by atoms with E-state index in [2.05, 4.69) is 16.0 Å². The normalized spacial score (nSPS) is 19.6. The highest BCUT2D eigenvalue weighted by molar-refractivity contribution is 5.82. The zero-order valence-corrected chi connectivity index (χ0v) is 15.5. The SMILES string of the molecule is CN(Cc1cnn(C)c1)C(=O)C1CC(COc2cccc(C(F)(F)F)c2)NN1. The maximum Gasteiger partial charge on any atom is 0.416 e. The number of hydrogen-bond donors (Lipinski definition) is 2. The molecule has 3 rings (SSSR count). The summed E-state index contributed by atoms with van der Waals surface area (Å²) in [6.07, 6.45) is -0.399. The number of amides is 1. The van der Waals surface area contributed by atoms with Crippen LogP contribution in [0.3, 0.4) is 0 Å². The van der Waals surface area contributed by atoms with Crippen molar-refractivity contribution in [3.63, 3.8) is 0 Å². The van der Waals surface area contributed by atoms with Gasteiger partial charge in [-0.15, -0.1) is 0 Å². The molecule has 2 atom stereocenters. The molecule has 2 heterocycles. The molecule has 1 fully saturated rings. The van der Waals surface area contributed by atoms with Crippen LogP contribution in [0.25, 0.3) is 0 Å². The van der Waals surface area contributed by atoms with E-state index in [4.69, 9.17) is 4.74 Å². The Labute approximate surface area is 160 Å². The Bertz CT molecular complexity index is 824. The molecule has 0 spiro atoms. The number of ether oxygens (including phenoxy) is 1. The molecule has 0 radical (unpaired) electrons. The zero-order valence-electron chi connectivity index (χ0n) is 15.5. The number of alkyl halides is 3. The van der Waals surface area contributed by atoms with Crippen molar-refractivity contribution in [2.45, 2.75) is 31.2 Å².